The zero-order valence-electron chi connectivity index (χ0n) is 11.1. The predicted molar refractivity (Wildman–Crippen MR) is 73.6 cm³/mol. The van der Waals surface area contributed by atoms with E-state index < -0.39 is 0 Å². The molecule has 0 spiro atoms. The molecule has 3 N–H and O–H groups in total. The molecule has 1 heterocycles. The first-order valence-corrected chi connectivity index (χ1v) is 6.69. The third kappa shape index (κ3) is 4.21. The molecule has 1 saturated heterocycles. The van der Waals surface area contributed by atoms with Gasteiger partial charge in [-0.2, -0.15) is 0 Å². The molecule has 0 radical (unpaired) electrons. The Bertz CT molecular complexity index is 421. The Morgan fingerprint density at radius 1 is 1.42 bits per heavy atom. The lowest BCUT2D eigenvalue weighted by Crippen LogP contribution is -2.48. The first-order chi connectivity index (χ1) is 9.15. The van der Waals surface area contributed by atoms with Crippen molar-refractivity contribution in [2.24, 2.45) is 5.92 Å². The van der Waals surface area contributed by atoms with Crippen molar-refractivity contribution >= 4 is 11.7 Å². The molecule has 0 aliphatic carbocycles. The van der Waals surface area contributed by atoms with Crippen molar-refractivity contribution in [1.82, 2.24) is 10.6 Å². The van der Waals surface area contributed by atoms with Gasteiger partial charge in [0.05, 0.1) is 0 Å². The van der Waals surface area contributed by atoms with E-state index in [4.69, 9.17) is 0 Å². The number of hydrogen-bond acceptors (Lipinski definition) is 2. The third-order valence-electron chi connectivity index (χ3n) is 3.51. The number of halogens is 1. The van der Waals surface area contributed by atoms with Crippen molar-refractivity contribution in [2.45, 2.75) is 25.8 Å². The molecule has 1 aromatic rings. The highest BCUT2D eigenvalue weighted by atomic mass is 19.1. The molecule has 2 atom stereocenters. The second-order valence-corrected chi connectivity index (χ2v) is 5.02. The van der Waals surface area contributed by atoms with E-state index in [1.807, 2.05) is 0 Å². The summed E-state index contributed by atoms with van der Waals surface area (Å²) in [6.45, 7) is 3.81. The van der Waals surface area contributed by atoms with Crippen LogP contribution in [0.15, 0.2) is 24.3 Å². The molecule has 1 aromatic carbocycles. The van der Waals surface area contributed by atoms with Crippen LogP contribution < -0.4 is 16.0 Å². The summed E-state index contributed by atoms with van der Waals surface area (Å²) in [6.07, 6.45) is 2.39. The lowest BCUT2D eigenvalue weighted by Gasteiger charge is -2.30. The van der Waals surface area contributed by atoms with Crippen molar-refractivity contribution in [3.8, 4) is 0 Å². The van der Waals surface area contributed by atoms with Gasteiger partial charge in [-0.3, -0.25) is 0 Å². The Labute approximate surface area is 112 Å². The molecule has 1 aliphatic heterocycles. The van der Waals surface area contributed by atoms with Gasteiger partial charge in [-0.1, -0.05) is 6.92 Å². The molecule has 5 heteroatoms. The Balaban J connectivity index is 1.76. The van der Waals surface area contributed by atoms with Crippen molar-refractivity contribution < 1.29 is 9.18 Å². The van der Waals surface area contributed by atoms with Gasteiger partial charge in [0, 0.05) is 18.3 Å². The van der Waals surface area contributed by atoms with Gasteiger partial charge in [0.15, 0.2) is 0 Å². The first-order valence-electron chi connectivity index (χ1n) is 6.69. The molecule has 4 nitrogen and oxygen atoms in total. The van der Waals surface area contributed by atoms with Gasteiger partial charge < -0.3 is 16.0 Å². The van der Waals surface area contributed by atoms with Crippen LogP contribution in [0.3, 0.4) is 0 Å². The van der Waals surface area contributed by atoms with E-state index in [1.54, 1.807) is 0 Å². The molecular weight excluding hydrogens is 245 g/mol. The largest absolute Gasteiger partial charge is 0.336 e. The average Bonchev–Trinajstić information content (AvgIpc) is 2.40. The van der Waals surface area contributed by atoms with Gasteiger partial charge in [0.1, 0.15) is 5.82 Å². The standard InChI is InChI=1S/C14H20FN3O/c1-10-3-2-8-16-13(10)9-17-14(19)18-12-6-4-11(15)5-7-12/h4-7,10,13,16H,2-3,8-9H2,1H3,(H2,17,18,19). The van der Waals surface area contributed by atoms with Crippen LogP contribution in [0, 0.1) is 11.7 Å². The van der Waals surface area contributed by atoms with E-state index in [1.165, 1.54) is 37.1 Å². The molecule has 19 heavy (non-hydrogen) atoms. The van der Waals surface area contributed by atoms with Gasteiger partial charge in [-0.25, -0.2) is 9.18 Å². The number of hydrogen-bond donors (Lipinski definition) is 3. The number of amides is 2. The molecule has 1 aliphatic rings. The van der Waals surface area contributed by atoms with Crippen LogP contribution in [0.5, 0.6) is 0 Å². The maximum atomic E-state index is 12.7. The summed E-state index contributed by atoms with van der Waals surface area (Å²) in [5.74, 6) is 0.256. The fraction of sp³-hybridized carbons (Fsp3) is 0.500. The summed E-state index contributed by atoms with van der Waals surface area (Å²) >= 11 is 0. The van der Waals surface area contributed by atoms with Crippen molar-refractivity contribution in [2.75, 3.05) is 18.4 Å². The van der Waals surface area contributed by atoms with Gasteiger partial charge >= 0.3 is 6.03 Å². The second kappa shape index (κ2) is 6.52. The molecule has 1 fully saturated rings. The zero-order valence-corrected chi connectivity index (χ0v) is 11.1. The molecule has 0 bridgehead atoms. The average molecular weight is 265 g/mol. The van der Waals surface area contributed by atoms with Crippen molar-refractivity contribution in [1.29, 1.82) is 0 Å². The minimum Gasteiger partial charge on any atom is -0.336 e. The van der Waals surface area contributed by atoms with E-state index in [0.717, 1.165) is 6.54 Å². The Hall–Kier alpha value is -1.62. The fourth-order valence-electron chi connectivity index (χ4n) is 2.30. The van der Waals surface area contributed by atoms with Gasteiger partial charge in [-0.15, -0.1) is 0 Å². The van der Waals surface area contributed by atoms with E-state index >= 15 is 0 Å². The summed E-state index contributed by atoms with van der Waals surface area (Å²) in [7, 11) is 0. The lowest BCUT2D eigenvalue weighted by atomic mass is 9.93. The third-order valence-corrected chi connectivity index (χ3v) is 3.51. The van der Waals surface area contributed by atoms with Crippen LogP contribution in [0.1, 0.15) is 19.8 Å². The van der Waals surface area contributed by atoms with Crippen LogP contribution in [-0.2, 0) is 0 Å². The molecule has 0 aromatic heterocycles. The number of carbonyl (C=O) groups excluding carboxylic acids is 1. The van der Waals surface area contributed by atoms with Crippen LogP contribution in [-0.4, -0.2) is 25.2 Å². The van der Waals surface area contributed by atoms with Crippen LogP contribution >= 0.6 is 0 Å². The number of nitrogens with one attached hydrogen (secondary N) is 3. The second-order valence-electron chi connectivity index (χ2n) is 5.02. The Kier molecular flexibility index (Phi) is 4.74. The van der Waals surface area contributed by atoms with Crippen molar-refractivity contribution in [3.63, 3.8) is 0 Å². The monoisotopic (exact) mass is 265 g/mol. The Morgan fingerprint density at radius 2 is 2.16 bits per heavy atom. The van der Waals surface area contributed by atoms with Gasteiger partial charge in [0.2, 0.25) is 0 Å². The summed E-state index contributed by atoms with van der Waals surface area (Å²) in [6, 6.07) is 5.78. The number of rotatable bonds is 3. The lowest BCUT2D eigenvalue weighted by molar-refractivity contribution is 0.244. The minimum atomic E-state index is -0.314. The maximum Gasteiger partial charge on any atom is 0.319 e. The summed E-state index contributed by atoms with van der Waals surface area (Å²) < 4.78 is 12.7. The highest BCUT2D eigenvalue weighted by Gasteiger charge is 2.20. The van der Waals surface area contributed by atoms with Crippen LogP contribution in [0.25, 0.3) is 0 Å². The maximum absolute atomic E-state index is 12.7. The molecular formula is C14H20FN3O. The Morgan fingerprint density at radius 3 is 2.84 bits per heavy atom. The van der Waals surface area contributed by atoms with Gasteiger partial charge in [-0.05, 0) is 49.6 Å². The molecule has 2 amide bonds. The smallest absolute Gasteiger partial charge is 0.319 e. The van der Waals surface area contributed by atoms with Crippen LogP contribution in [0.4, 0.5) is 14.9 Å². The summed E-state index contributed by atoms with van der Waals surface area (Å²) in [5, 5.41) is 8.92. The summed E-state index contributed by atoms with van der Waals surface area (Å²) in [5.41, 5.74) is 0.587. The quantitative estimate of drug-likeness (QED) is 0.785. The molecule has 2 unspecified atom stereocenters. The first kappa shape index (κ1) is 13.8. The number of piperidine rings is 1. The summed E-state index contributed by atoms with van der Waals surface area (Å²) in [4.78, 5) is 11.7. The topological polar surface area (TPSA) is 53.2 Å². The highest BCUT2D eigenvalue weighted by Crippen LogP contribution is 2.14. The van der Waals surface area contributed by atoms with E-state index in [9.17, 15) is 9.18 Å². The molecule has 104 valence electrons. The van der Waals surface area contributed by atoms with Gasteiger partial charge in [0.25, 0.3) is 0 Å². The van der Waals surface area contributed by atoms with E-state index in [0.29, 0.717) is 24.2 Å². The number of anilines is 1. The van der Waals surface area contributed by atoms with Crippen molar-refractivity contribution in [3.05, 3.63) is 30.1 Å². The minimum absolute atomic E-state index is 0.258. The normalized spacial score (nSPS) is 22.8. The zero-order chi connectivity index (χ0) is 13.7. The highest BCUT2D eigenvalue weighted by molar-refractivity contribution is 5.89. The SMILES string of the molecule is CC1CCCNC1CNC(=O)Nc1ccc(F)cc1. The molecule has 2 rings (SSSR count). The van der Waals surface area contributed by atoms with Crippen LogP contribution in [0.2, 0.25) is 0 Å². The fourth-order valence-corrected chi connectivity index (χ4v) is 2.30. The van der Waals surface area contributed by atoms with E-state index in [2.05, 4.69) is 22.9 Å². The number of carbonyl (C=O) groups is 1. The van der Waals surface area contributed by atoms with E-state index in [-0.39, 0.29) is 11.8 Å². The predicted octanol–water partition coefficient (Wildman–Crippen LogP) is 2.34. The molecule has 0 saturated carbocycles. The number of urea groups is 1. The number of benzene rings is 1.